The Balaban J connectivity index is 1.66. The van der Waals surface area contributed by atoms with Gasteiger partial charge in [-0.1, -0.05) is 24.2 Å². The van der Waals surface area contributed by atoms with Gasteiger partial charge in [0.2, 0.25) is 5.89 Å². The summed E-state index contributed by atoms with van der Waals surface area (Å²) in [5, 5.41) is 4.02. The van der Waals surface area contributed by atoms with E-state index in [4.69, 9.17) is 4.52 Å². The summed E-state index contributed by atoms with van der Waals surface area (Å²) in [6, 6.07) is 7.31. The second-order valence-corrected chi connectivity index (χ2v) is 5.72. The SMILES string of the molecule is CCc1nc(CN2CC(c3ccc(F)cc3)CC2C)no1. The first-order chi connectivity index (χ1) is 10.2. The predicted molar refractivity (Wildman–Crippen MR) is 77.3 cm³/mol. The van der Waals surface area contributed by atoms with Gasteiger partial charge < -0.3 is 4.52 Å². The van der Waals surface area contributed by atoms with Crippen LogP contribution in [-0.4, -0.2) is 27.6 Å². The van der Waals surface area contributed by atoms with Gasteiger partial charge in [0.1, 0.15) is 5.82 Å². The van der Waals surface area contributed by atoms with Crippen LogP contribution >= 0.6 is 0 Å². The summed E-state index contributed by atoms with van der Waals surface area (Å²) >= 11 is 0. The van der Waals surface area contributed by atoms with Gasteiger partial charge >= 0.3 is 0 Å². The van der Waals surface area contributed by atoms with Crippen LogP contribution in [0.3, 0.4) is 0 Å². The van der Waals surface area contributed by atoms with E-state index in [0.717, 1.165) is 25.2 Å². The minimum atomic E-state index is -0.180. The molecule has 5 heteroatoms. The summed E-state index contributed by atoms with van der Waals surface area (Å²) in [5.41, 5.74) is 1.20. The fourth-order valence-corrected chi connectivity index (χ4v) is 2.97. The summed E-state index contributed by atoms with van der Waals surface area (Å²) in [5.74, 6) is 1.70. The first kappa shape index (κ1) is 14.2. The quantitative estimate of drug-likeness (QED) is 0.867. The summed E-state index contributed by atoms with van der Waals surface area (Å²) in [7, 11) is 0. The van der Waals surface area contributed by atoms with Gasteiger partial charge in [0.25, 0.3) is 0 Å². The molecule has 1 fully saturated rings. The van der Waals surface area contributed by atoms with Crippen molar-refractivity contribution in [2.45, 2.75) is 45.2 Å². The Morgan fingerprint density at radius 2 is 2.10 bits per heavy atom. The van der Waals surface area contributed by atoms with E-state index in [1.165, 1.54) is 17.7 Å². The van der Waals surface area contributed by atoms with Gasteiger partial charge in [-0.2, -0.15) is 4.98 Å². The minimum absolute atomic E-state index is 0.180. The number of hydrogen-bond donors (Lipinski definition) is 0. The van der Waals surface area contributed by atoms with Crippen LogP contribution in [0.2, 0.25) is 0 Å². The third-order valence-electron chi connectivity index (χ3n) is 4.20. The van der Waals surface area contributed by atoms with Crippen LogP contribution in [0.25, 0.3) is 0 Å². The molecule has 0 spiro atoms. The average Bonchev–Trinajstić information content (AvgIpc) is 3.08. The summed E-state index contributed by atoms with van der Waals surface area (Å²) in [6.07, 6.45) is 1.84. The molecule has 3 rings (SSSR count). The zero-order chi connectivity index (χ0) is 14.8. The number of likely N-dealkylation sites (tertiary alicyclic amines) is 1. The van der Waals surface area contributed by atoms with Crippen LogP contribution < -0.4 is 0 Å². The van der Waals surface area contributed by atoms with Crippen molar-refractivity contribution in [2.75, 3.05) is 6.54 Å². The van der Waals surface area contributed by atoms with Crippen molar-refractivity contribution in [2.24, 2.45) is 0 Å². The highest BCUT2D eigenvalue weighted by atomic mass is 19.1. The molecule has 0 radical (unpaired) electrons. The van der Waals surface area contributed by atoms with Crippen molar-refractivity contribution in [3.8, 4) is 0 Å². The van der Waals surface area contributed by atoms with Crippen LogP contribution in [0.5, 0.6) is 0 Å². The van der Waals surface area contributed by atoms with Gasteiger partial charge in [0.15, 0.2) is 5.82 Å². The third kappa shape index (κ3) is 3.13. The van der Waals surface area contributed by atoms with E-state index in [2.05, 4.69) is 22.0 Å². The molecule has 1 saturated heterocycles. The molecular weight excluding hydrogens is 269 g/mol. The number of rotatable bonds is 4. The third-order valence-corrected chi connectivity index (χ3v) is 4.20. The Morgan fingerprint density at radius 1 is 1.33 bits per heavy atom. The highest BCUT2D eigenvalue weighted by molar-refractivity contribution is 5.22. The molecule has 1 aromatic heterocycles. The number of nitrogens with zero attached hydrogens (tertiary/aromatic N) is 3. The van der Waals surface area contributed by atoms with Gasteiger partial charge in [-0.25, -0.2) is 4.39 Å². The maximum Gasteiger partial charge on any atom is 0.226 e. The molecule has 2 aromatic rings. The van der Waals surface area contributed by atoms with Crippen molar-refractivity contribution in [1.29, 1.82) is 0 Å². The molecule has 1 aliphatic heterocycles. The monoisotopic (exact) mass is 289 g/mol. The Labute approximate surface area is 124 Å². The highest BCUT2D eigenvalue weighted by Gasteiger charge is 2.30. The van der Waals surface area contributed by atoms with Crippen LogP contribution in [0.15, 0.2) is 28.8 Å². The van der Waals surface area contributed by atoms with E-state index < -0.39 is 0 Å². The van der Waals surface area contributed by atoms with Gasteiger partial charge in [0, 0.05) is 19.0 Å². The summed E-state index contributed by atoms with van der Waals surface area (Å²) < 4.78 is 18.2. The number of benzene rings is 1. The number of hydrogen-bond acceptors (Lipinski definition) is 4. The number of aryl methyl sites for hydroxylation is 1. The maximum absolute atomic E-state index is 13.0. The van der Waals surface area contributed by atoms with Crippen LogP contribution in [0, 0.1) is 5.82 Å². The molecule has 0 bridgehead atoms. The molecule has 1 aromatic carbocycles. The van der Waals surface area contributed by atoms with Crippen LogP contribution in [-0.2, 0) is 13.0 Å². The van der Waals surface area contributed by atoms with Crippen molar-refractivity contribution >= 4 is 0 Å². The van der Waals surface area contributed by atoms with Crippen LogP contribution in [0.1, 0.15) is 43.5 Å². The minimum Gasteiger partial charge on any atom is -0.339 e. The van der Waals surface area contributed by atoms with E-state index in [0.29, 0.717) is 24.4 Å². The molecule has 2 unspecified atom stereocenters. The lowest BCUT2D eigenvalue weighted by Gasteiger charge is -2.18. The van der Waals surface area contributed by atoms with E-state index in [1.54, 1.807) is 0 Å². The summed E-state index contributed by atoms with van der Waals surface area (Å²) in [4.78, 5) is 6.73. The average molecular weight is 289 g/mol. The van der Waals surface area contributed by atoms with Gasteiger partial charge in [-0.05, 0) is 37.0 Å². The second-order valence-electron chi connectivity index (χ2n) is 5.72. The van der Waals surface area contributed by atoms with E-state index in [1.807, 2.05) is 19.1 Å². The molecule has 112 valence electrons. The standard InChI is InChI=1S/C16H20FN3O/c1-3-16-18-15(19-21-16)10-20-9-13(8-11(20)2)12-4-6-14(17)7-5-12/h4-7,11,13H,3,8-10H2,1-2H3. The summed E-state index contributed by atoms with van der Waals surface area (Å²) in [6.45, 7) is 5.87. The predicted octanol–water partition coefficient (Wildman–Crippen LogP) is 3.15. The van der Waals surface area contributed by atoms with Gasteiger partial charge in [-0.15, -0.1) is 0 Å². The lowest BCUT2D eigenvalue weighted by atomic mass is 9.97. The van der Waals surface area contributed by atoms with Crippen molar-refractivity contribution in [3.05, 3.63) is 47.4 Å². The molecule has 4 nitrogen and oxygen atoms in total. The van der Waals surface area contributed by atoms with Gasteiger partial charge in [0.05, 0.1) is 6.54 Å². The van der Waals surface area contributed by atoms with Crippen LogP contribution in [0.4, 0.5) is 4.39 Å². The number of aromatic nitrogens is 2. The molecule has 0 saturated carbocycles. The van der Waals surface area contributed by atoms with E-state index in [9.17, 15) is 4.39 Å². The second kappa shape index (κ2) is 5.93. The molecule has 1 aliphatic rings. The molecule has 2 heterocycles. The topological polar surface area (TPSA) is 42.2 Å². The Hall–Kier alpha value is -1.75. The maximum atomic E-state index is 13.0. The lowest BCUT2D eigenvalue weighted by Crippen LogP contribution is -2.27. The molecule has 2 atom stereocenters. The van der Waals surface area contributed by atoms with E-state index >= 15 is 0 Å². The van der Waals surface area contributed by atoms with Crippen molar-refractivity contribution < 1.29 is 8.91 Å². The van der Waals surface area contributed by atoms with Crippen molar-refractivity contribution in [3.63, 3.8) is 0 Å². The molecule has 0 N–H and O–H groups in total. The zero-order valence-electron chi connectivity index (χ0n) is 12.4. The first-order valence-corrected chi connectivity index (χ1v) is 7.46. The van der Waals surface area contributed by atoms with Gasteiger partial charge in [-0.3, -0.25) is 4.90 Å². The Kier molecular flexibility index (Phi) is 4.01. The number of halogens is 1. The largest absolute Gasteiger partial charge is 0.339 e. The fraction of sp³-hybridized carbons (Fsp3) is 0.500. The zero-order valence-corrected chi connectivity index (χ0v) is 12.4. The molecular formula is C16H20FN3O. The normalized spacial score (nSPS) is 22.8. The lowest BCUT2D eigenvalue weighted by molar-refractivity contribution is 0.247. The Morgan fingerprint density at radius 3 is 2.76 bits per heavy atom. The molecule has 0 aliphatic carbocycles. The fourth-order valence-electron chi connectivity index (χ4n) is 2.97. The van der Waals surface area contributed by atoms with E-state index in [-0.39, 0.29) is 5.82 Å². The molecule has 0 amide bonds. The first-order valence-electron chi connectivity index (χ1n) is 7.46. The molecule has 21 heavy (non-hydrogen) atoms. The highest BCUT2D eigenvalue weighted by Crippen LogP contribution is 2.32. The Bertz CT molecular complexity index is 596. The smallest absolute Gasteiger partial charge is 0.226 e. The van der Waals surface area contributed by atoms with Crippen molar-refractivity contribution in [1.82, 2.24) is 15.0 Å².